The van der Waals surface area contributed by atoms with Crippen LogP contribution in [0.3, 0.4) is 0 Å². The van der Waals surface area contributed by atoms with Gasteiger partial charge in [0, 0.05) is 22.5 Å². The van der Waals surface area contributed by atoms with Crippen molar-refractivity contribution in [1.29, 1.82) is 0 Å². The molecule has 4 nitrogen and oxygen atoms in total. The van der Waals surface area contributed by atoms with Crippen LogP contribution < -0.4 is 4.74 Å². The molecule has 0 spiro atoms. The summed E-state index contributed by atoms with van der Waals surface area (Å²) >= 11 is 0. The Balaban J connectivity index is 1.40. The minimum Gasteiger partial charge on any atom is -0.457 e. The highest BCUT2D eigenvalue weighted by Gasteiger charge is 2.14. The average molecular weight is 452 g/mol. The zero-order valence-electron chi connectivity index (χ0n) is 19.1. The Hall–Kier alpha value is -4.70. The topological polar surface area (TPSA) is 39.4 Å². The van der Waals surface area contributed by atoms with Crippen molar-refractivity contribution in [3.05, 3.63) is 115 Å². The van der Waals surface area contributed by atoms with Gasteiger partial charge >= 0.3 is 0 Å². The number of hydrogen-bond acceptors (Lipinski definition) is 3. The molecule has 0 amide bonds. The molecular weight excluding hydrogens is 430 g/mol. The number of aromatic nitrogens is 3. The largest absolute Gasteiger partial charge is 0.457 e. The van der Waals surface area contributed by atoms with Gasteiger partial charge in [0.15, 0.2) is 0 Å². The van der Waals surface area contributed by atoms with Gasteiger partial charge in [0.25, 0.3) is 0 Å². The van der Waals surface area contributed by atoms with E-state index >= 15 is 0 Å². The Morgan fingerprint density at radius 1 is 0.657 bits per heavy atom. The van der Waals surface area contributed by atoms with E-state index in [1.807, 2.05) is 42.6 Å². The first-order chi connectivity index (χ1) is 17.2. The summed E-state index contributed by atoms with van der Waals surface area (Å²) in [7, 11) is 0. The van der Waals surface area contributed by atoms with E-state index in [9.17, 15) is 0 Å². The van der Waals surface area contributed by atoms with Gasteiger partial charge in [0.05, 0.1) is 22.2 Å². The predicted molar refractivity (Wildman–Crippen MR) is 142 cm³/mol. The van der Waals surface area contributed by atoms with Crippen LogP contribution in [0.1, 0.15) is 5.56 Å². The standard InChI is InChI=1S/C31H21N3O/c1-20-15-16-32-28(17-20)21-7-6-8-22(18-21)35-23-13-14-24-25-9-2-4-11-29(25)34-30-12-5-3-10-27(30)33-31(34)26(24)19-23/h2-19H,1H3. The van der Waals surface area contributed by atoms with Crippen LogP contribution in [0.25, 0.3) is 49.6 Å². The summed E-state index contributed by atoms with van der Waals surface area (Å²) in [5, 5.41) is 3.42. The van der Waals surface area contributed by atoms with Crippen LogP contribution in [0.2, 0.25) is 0 Å². The van der Waals surface area contributed by atoms with Crippen LogP contribution in [0, 0.1) is 6.92 Å². The lowest BCUT2D eigenvalue weighted by Gasteiger charge is -2.12. The van der Waals surface area contributed by atoms with E-state index in [-0.39, 0.29) is 0 Å². The first kappa shape index (κ1) is 19.7. The van der Waals surface area contributed by atoms with Crippen molar-refractivity contribution in [3.8, 4) is 22.8 Å². The maximum atomic E-state index is 6.35. The van der Waals surface area contributed by atoms with Gasteiger partial charge < -0.3 is 4.74 Å². The number of nitrogens with zero attached hydrogens (tertiary/aromatic N) is 3. The summed E-state index contributed by atoms with van der Waals surface area (Å²) in [5.74, 6) is 1.55. The Labute approximate surface area is 202 Å². The second-order valence-electron chi connectivity index (χ2n) is 8.83. The molecule has 0 aliphatic rings. The lowest BCUT2D eigenvalue weighted by atomic mass is 10.1. The van der Waals surface area contributed by atoms with Crippen molar-refractivity contribution in [2.75, 3.05) is 0 Å². The monoisotopic (exact) mass is 451 g/mol. The maximum Gasteiger partial charge on any atom is 0.146 e. The molecule has 0 unspecified atom stereocenters. The number of hydrogen-bond donors (Lipinski definition) is 0. The van der Waals surface area contributed by atoms with Gasteiger partial charge in [-0.15, -0.1) is 0 Å². The van der Waals surface area contributed by atoms with Gasteiger partial charge in [-0.25, -0.2) is 4.98 Å². The van der Waals surface area contributed by atoms with E-state index in [1.165, 1.54) is 10.9 Å². The normalized spacial score (nSPS) is 11.6. The summed E-state index contributed by atoms with van der Waals surface area (Å²) in [6.07, 6.45) is 1.84. The fraction of sp³-hybridized carbons (Fsp3) is 0.0323. The van der Waals surface area contributed by atoms with Crippen molar-refractivity contribution >= 4 is 38.4 Å². The van der Waals surface area contributed by atoms with Crippen LogP contribution in [-0.4, -0.2) is 14.4 Å². The van der Waals surface area contributed by atoms with Gasteiger partial charge in [0.1, 0.15) is 17.1 Å². The highest BCUT2D eigenvalue weighted by molar-refractivity contribution is 6.14. The quantitative estimate of drug-likeness (QED) is 0.256. The number of benzene rings is 4. The number of ether oxygens (including phenoxy) is 1. The molecule has 3 heterocycles. The number of rotatable bonds is 3. The third-order valence-corrected chi connectivity index (χ3v) is 6.51. The molecule has 0 radical (unpaired) electrons. The number of fused-ring (bicyclic) bond motifs is 8. The molecular formula is C31H21N3O. The minimum atomic E-state index is 0.774. The molecule has 0 bridgehead atoms. The van der Waals surface area contributed by atoms with Crippen LogP contribution in [0.15, 0.2) is 109 Å². The Kier molecular flexibility index (Phi) is 4.33. The first-order valence-electron chi connectivity index (χ1n) is 11.7. The lowest BCUT2D eigenvalue weighted by molar-refractivity contribution is 0.483. The summed E-state index contributed by atoms with van der Waals surface area (Å²) in [5.41, 5.74) is 7.31. The minimum absolute atomic E-state index is 0.774. The third-order valence-electron chi connectivity index (χ3n) is 6.51. The number of para-hydroxylation sites is 3. The number of pyridine rings is 2. The lowest BCUT2D eigenvalue weighted by Crippen LogP contribution is -1.92. The smallest absolute Gasteiger partial charge is 0.146 e. The van der Waals surface area contributed by atoms with Crippen molar-refractivity contribution in [2.24, 2.45) is 0 Å². The molecule has 0 saturated heterocycles. The molecule has 0 fully saturated rings. The summed E-state index contributed by atoms with van der Waals surface area (Å²) in [4.78, 5) is 9.52. The number of aryl methyl sites for hydroxylation is 1. The highest BCUT2D eigenvalue weighted by Crippen LogP contribution is 2.35. The molecule has 7 rings (SSSR count). The fourth-order valence-electron chi connectivity index (χ4n) is 4.90. The Bertz CT molecular complexity index is 1900. The van der Waals surface area contributed by atoms with Crippen LogP contribution in [-0.2, 0) is 0 Å². The highest BCUT2D eigenvalue weighted by atomic mass is 16.5. The average Bonchev–Trinajstić information content (AvgIpc) is 3.29. The molecule has 35 heavy (non-hydrogen) atoms. The second kappa shape index (κ2) is 7.67. The molecule has 0 N–H and O–H groups in total. The predicted octanol–water partition coefficient (Wildman–Crippen LogP) is 7.96. The van der Waals surface area contributed by atoms with E-state index in [1.54, 1.807) is 0 Å². The zero-order chi connectivity index (χ0) is 23.4. The molecule has 0 saturated carbocycles. The van der Waals surface area contributed by atoms with E-state index in [0.29, 0.717) is 0 Å². The van der Waals surface area contributed by atoms with Crippen LogP contribution in [0.4, 0.5) is 0 Å². The van der Waals surface area contributed by atoms with Crippen molar-refractivity contribution in [3.63, 3.8) is 0 Å². The van der Waals surface area contributed by atoms with Crippen molar-refractivity contribution in [2.45, 2.75) is 6.92 Å². The van der Waals surface area contributed by atoms with Gasteiger partial charge in [-0.3, -0.25) is 9.38 Å². The van der Waals surface area contributed by atoms with Crippen LogP contribution >= 0.6 is 0 Å². The van der Waals surface area contributed by atoms with E-state index in [4.69, 9.17) is 9.72 Å². The third kappa shape index (κ3) is 3.22. The summed E-state index contributed by atoms with van der Waals surface area (Å²) in [6.45, 7) is 2.07. The summed E-state index contributed by atoms with van der Waals surface area (Å²) in [6, 6.07) is 35.2. The second-order valence-corrected chi connectivity index (χ2v) is 8.83. The SMILES string of the molecule is Cc1ccnc(-c2cccc(Oc3ccc4c5ccccc5n5c6ccccc6nc5c4c3)c2)c1. The maximum absolute atomic E-state index is 6.35. The van der Waals surface area contributed by atoms with Crippen molar-refractivity contribution < 1.29 is 4.74 Å². The number of imidazole rings is 1. The van der Waals surface area contributed by atoms with Gasteiger partial charge in [0.2, 0.25) is 0 Å². The fourth-order valence-corrected chi connectivity index (χ4v) is 4.90. The molecule has 7 aromatic rings. The first-order valence-corrected chi connectivity index (χ1v) is 11.7. The zero-order valence-corrected chi connectivity index (χ0v) is 19.1. The van der Waals surface area contributed by atoms with Gasteiger partial charge in [-0.05, 0) is 78.5 Å². The van der Waals surface area contributed by atoms with E-state index in [2.05, 4.69) is 83.0 Å². The van der Waals surface area contributed by atoms with E-state index < -0.39 is 0 Å². The molecule has 4 aromatic carbocycles. The molecule has 0 atom stereocenters. The summed E-state index contributed by atoms with van der Waals surface area (Å²) < 4.78 is 8.60. The molecule has 0 aliphatic heterocycles. The van der Waals surface area contributed by atoms with Crippen molar-refractivity contribution in [1.82, 2.24) is 14.4 Å². The van der Waals surface area contributed by atoms with Gasteiger partial charge in [-0.1, -0.05) is 42.5 Å². The molecule has 3 aromatic heterocycles. The Morgan fingerprint density at radius 3 is 2.40 bits per heavy atom. The Morgan fingerprint density at radius 2 is 1.49 bits per heavy atom. The van der Waals surface area contributed by atoms with E-state index in [0.717, 1.165) is 55.7 Å². The molecule has 4 heteroatoms. The van der Waals surface area contributed by atoms with Crippen LogP contribution in [0.5, 0.6) is 11.5 Å². The molecule has 0 aliphatic carbocycles. The molecule has 166 valence electrons. The van der Waals surface area contributed by atoms with Gasteiger partial charge in [-0.2, -0.15) is 0 Å².